The number of hydrogen-bond donors (Lipinski definition) is 1. The normalized spacial score (nSPS) is 11.5. The number of aryl methyl sites for hydroxylation is 1. The average molecular weight is 296 g/mol. The van der Waals surface area contributed by atoms with Gasteiger partial charge in [0.15, 0.2) is 0 Å². The van der Waals surface area contributed by atoms with Crippen LogP contribution in [0.2, 0.25) is 0 Å². The predicted molar refractivity (Wildman–Crippen MR) is 80.1 cm³/mol. The van der Waals surface area contributed by atoms with Crippen LogP contribution in [-0.2, 0) is 10.0 Å². The molecule has 0 bridgehead atoms. The van der Waals surface area contributed by atoms with Crippen LogP contribution in [0.5, 0.6) is 0 Å². The molecule has 2 aromatic rings. The Kier molecular flexibility index (Phi) is 3.82. The van der Waals surface area contributed by atoms with E-state index in [0.717, 1.165) is 16.9 Å². The van der Waals surface area contributed by atoms with Gasteiger partial charge < -0.3 is 5.73 Å². The van der Waals surface area contributed by atoms with E-state index in [9.17, 15) is 8.42 Å². The maximum atomic E-state index is 12.6. The molecule has 0 aliphatic carbocycles. The van der Waals surface area contributed by atoms with E-state index in [1.165, 1.54) is 10.4 Å². The van der Waals surface area contributed by atoms with Crippen molar-refractivity contribution in [3.63, 3.8) is 0 Å². The number of thiophene rings is 1. The maximum absolute atomic E-state index is 12.6. The molecule has 4 nitrogen and oxygen atoms in total. The summed E-state index contributed by atoms with van der Waals surface area (Å²) >= 11 is 1.14. The highest BCUT2D eigenvalue weighted by Gasteiger charge is 2.25. The number of nitrogens with zero attached hydrogens (tertiary/aromatic N) is 1. The summed E-state index contributed by atoms with van der Waals surface area (Å²) in [7, 11) is -3.53. The van der Waals surface area contributed by atoms with Crippen LogP contribution in [0.4, 0.5) is 11.4 Å². The van der Waals surface area contributed by atoms with Crippen LogP contribution in [0.1, 0.15) is 12.5 Å². The molecule has 1 aromatic carbocycles. The first-order chi connectivity index (χ1) is 8.95. The van der Waals surface area contributed by atoms with Gasteiger partial charge in [0.2, 0.25) is 0 Å². The summed E-state index contributed by atoms with van der Waals surface area (Å²) in [6.07, 6.45) is 0. The second kappa shape index (κ2) is 5.22. The van der Waals surface area contributed by atoms with Crippen molar-refractivity contribution in [1.29, 1.82) is 0 Å². The van der Waals surface area contributed by atoms with Crippen molar-refractivity contribution in [3.8, 4) is 0 Å². The van der Waals surface area contributed by atoms with Crippen LogP contribution < -0.4 is 10.0 Å². The quantitative estimate of drug-likeness (QED) is 0.943. The van der Waals surface area contributed by atoms with Gasteiger partial charge in [-0.3, -0.25) is 4.31 Å². The van der Waals surface area contributed by atoms with E-state index in [4.69, 9.17) is 5.73 Å². The first kappa shape index (κ1) is 13.9. The van der Waals surface area contributed by atoms with Crippen LogP contribution in [0, 0.1) is 6.92 Å². The predicted octanol–water partition coefficient (Wildman–Crippen LogP) is 2.85. The standard InChI is InChI=1S/C13H16N2O2S2/c1-3-15(12-6-4-5-10(2)7-12)19(16,17)13-8-11(14)9-18-13/h4-9H,3,14H2,1-2H3. The molecule has 1 heterocycles. The number of benzene rings is 1. The largest absolute Gasteiger partial charge is 0.398 e. The van der Waals surface area contributed by atoms with E-state index in [0.29, 0.717) is 17.9 Å². The minimum absolute atomic E-state index is 0.272. The van der Waals surface area contributed by atoms with Gasteiger partial charge in [-0.15, -0.1) is 11.3 Å². The molecule has 0 spiro atoms. The highest BCUT2D eigenvalue weighted by atomic mass is 32.2. The SMILES string of the molecule is CCN(c1cccc(C)c1)S(=O)(=O)c1cc(N)cs1. The fourth-order valence-electron chi connectivity index (χ4n) is 1.85. The van der Waals surface area contributed by atoms with E-state index in [1.54, 1.807) is 11.4 Å². The number of nitrogens with two attached hydrogens (primary N) is 1. The molecule has 0 saturated heterocycles. The molecule has 2 N–H and O–H groups in total. The molecule has 0 atom stereocenters. The van der Waals surface area contributed by atoms with Crippen molar-refractivity contribution in [2.75, 3.05) is 16.6 Å². The van der Waals surface area contributed by atoms with Crippen molar-refractivity contribution in [3.05, 3.63) is 41.3 Å². The van der Waals surface area contributed by atoms with E-state index in [1.807, 2.05) is 32.0 Å². The molecule has 0 aliphatic heterocycles. The maximum Gasteiger partial charge on any atom is 0.273 e. The Morgan fingerprint density at radius 1 is 1.32 bits per heavy atom. The fourth-order valence-corrected chi connectivity index (χ4v) is 4.51. The van der Waals surface area contributed by atoms with Gasteiger partial charge >= 0.3 is 0 Å². The lowest BCUT2D eigenvalue weighted by molar-refractivity contribution is 0.594. The van der Waals surface area contributed by atoms with Crippen molar-refractivity contribution in [2.45, 2.75) is 18.1 Å². The van der Waals surface area contributed by atoms with E-state index < -0.39 is 10.0 Å². The Hall–Kier alpha value is -1.53. The molecule has 0 unspecified atom stereocenters. The molecule has 0 radical (unpaired) electrons. The zero-order valence-corrected chi connectivity index (χ0v) is 12.5. The Labute approximate surface area is 117 Å². The molecular weight excluding hydrogens is 280 g/mol. The number of anilines is 2. The van der Waals surface area contributed by atoms with Crippen molar-refractivity contribution >= 4 is 32.7 Å². The van der Waals surface area contributed by atoms with Gasteiger partial charge in [-0.25, -0.2) is 8.42 Å². The Morgan fingerprint density at radius 3 is 2.58 bits per heavy atom. The smallest absolute Gasteiger partial charge is 0.273 e. The van der Waals surface area contributed by atoms with Crippen LogP contribution in [0.3, 0.4) is 0 Å². The molecule has 0 aliphatic rings. The molecular formula is C13H16N2O2S2. The lowest BCUT2D eigenvalue weighted by Crippen LogP contribution is -2.30. The summed E-state index contributed by atoms with van der Waals surface area (Å²) in [4.78, 5) is 0. The third-order valence-corrected chi connectivity index (χ3v) is 6.05. The molecule has 19 heavy (non-hydrogen) atoms. The van der Waals surface area contributed by atoms with Crippen molar-refractivity contribution in [2.24, 2.45) is 0 Å². The highest BCUT2D eigenvalue weighted by molar-refractivity contribution is 7.94. The molecule has 0 saturated carbocycles. The minimum Gasteiger partial charge on any atom is -0.398 e. The second-order valence-corrected chi connectivity index (χ2v) is 7.21. The molecule has 6 heteroatoms. The van der Waals surface area contributed by atoms with Gasteiger partial charge in [-0.2, -0.15) is 0 Å². The number of hydrogen-bond acceptors (Lipinski definition) is 4. The van der Waals surface area contributed by atoms with Gasteiger partial charge in [0, 0.05) is 17.6 Å². The number of rotatable bonds is 4. The van der Waals surface area contributed by atoms with E-state index in [-0.39, 0.29) is 4.21 Å². The first-order valence-corrected chi connectivity index (χ1v) is 8.20. The lowest BCUT2D eigenvalue weighted by Gasteiger charge is -2.22. The van der Waals surface area contributed by atoms with Crippen LogP contribution >= 0.6 is 11.3 Å². The molecule has 2 rings (SSSR count). The van der Waals surface area contributed by atoms with E-state index >= 15 is 0 Å². The van der Waals surface area contributed by atoms with Crippen molar-refractivity contribution < 1.29 is 8.42 Å². The van der Waals surface area contributed by atoms with Gasteiger partial charge in [0.25, 0.3) is 10.0 Å². The summed E-state index contributed by atoms with van der Waals surface area (Å²) in [5, 5.41) is 1.64. The summed E-state index contributed by atoms with van der Waals surface area (Å²) in [6, 6.07) is 8.94. The number of nitrogen functional groups attached to an aromatic ring is 1. The third-order valence-electron chi connectivity index (χ3n) is 2.72. The highest BCUT2D eigenvalue weighted by Crippen LogP contribution is 2.29. The zero-order chi connectivity index (χ0) is 14.0. The Balaban J connectivity index is 2.47. The summed E-state index contributed by atoms with van der Waals surface area (Å²) in [6.45, 7) is 4.13. The molecule has 0 fully saturated rings. The summed E-state index contributed by atoms with van der Waals surface area (Å²) in [5.74, 6) is 0. The molecule has 1 aromatic heterocycles. The monoisotopic (exact) mass is 296 g/mol. The van der Waals surface area contributed by atoms with Gasteiger partial charge in [0.1, 0.15) is 4.21 Å². The van der Waals surface area contributed by atoms with Gasteiger partial charge in [0.05, 0.1) is 5.69 Å². The van der Waals surface area contributed by atoms with Gasteiger partial charge in [-0.05, 0) is 37.6 Å². The van der Waals surface area contributed by atoms with Crippen LogP contribution in [0.25, 0.3) is 0 Å². The summed E-state index contributed by atoms with van der Waals surface area (Å²) in [5.41, 5.74) is 7.78. The second-order valence-electron chi connectivity index (χ2n) is 4.21. The Bertz CT molecular complexity index is 677. The zero-order valence-electron chi connectivity index (χ0n) is 10.8. The average Bonchev–Trinajstić information content (AvgIpc) is 2.77. The van der Waals surface area contributed by atoms with E-state index in [2.05, 4.69) is 0 Å². The lowest BCUT2D eigenvalue weighted by atomic mass is 10.2. The Morgan fingerprint density at radius 2 is 2.05 bits per heavy atom. The molecule has 0 amide bonds. The summed E-state index contributed by atoms with van der Waals surface area (Å²) < 4.78 is 26.8. The van der Waals surface area contributed by atoms with Crippen molar-refractivity contribution in [1.82, 2.24) is 0 Å². The number of sulfonamides is 1. The van der Waals surface area contributed by atoms with Gasteiger partial charge in [-0.1, -0.05) is 12.1 Å². The third kappa shape index (κ3) is 2.74. The first-order valence-electron chi connectivity index (χ1n) is 5.88. The molecule has 102 valence electrons. The fraction of sp³-hybridized carbons (Fsp3) is 0.231. The minimum atomic E-state index is -3.53. The van der Waals surface area contributed by atoms with Crippen LogP contribution in [0.15, 0.2) is 39.9 Å². The van der Waals surface area contributed by atoms with Crippen LogP contribution in [-0.4, -0.2) is 15.0 Å². The topological polar surface area (TPSA) is 63.4 Å².